The molecule has 0 saturated carbocycles. The number of carbonyl (C=O) groups is 2. The number of anilines is 2. The van der Waals surface area contributed by atoms with Crippen molar-refractivity contribution in [2.45, 2.75) is 12.8 Å². The Hall–Kier alpha value is -3.51. The van der Waals surface area contributed by atoms with Crippen LogP contribution in [0.1, 0.15) is 22.3 Å². The van der Waals surface area contributed by atoms with Gasteiger partial charge in [0.25, 0.3) is 11.8 Å². The Labute approximate surface area is 191 Å². The van der Waals surface area contributed by atoms with Crippen LogP contribution in [-0.4, -0.2) is 32.1 Å². The molecule has 0 atom stereocenters. The molecule has 32 heavy (non-hydrogen) atoms. The number of benzene rings is 3. The van der Waals surface area contributed by atoms with Gasteiger partial charge in [0.2, 0.25) is 0 Å². The molecule has 0 saturated heterocycles. The number of ether oxygens (including phenoxy) is 2. The number of para-hydroxylation sites is 2. The second-order valence-electron chi connectivity index (χ2n) is 7.37. The van der Waals surface area contributed by atoms with Crippen LogP contribution in [0.15, 0.2) is 66.7 Å². The smallest absolute Gasteiger partial charge is 0.262 e. The number of halogens is 1. The normalized spacial score (nSPS) is 12.6. The van der Waals surface area contributed by atoms with Crippen LogP contribution in [0.4, 0.5) is 11.4 Å². The molecule has 0 fully saturated rings. The summed E-state index contributed by atoms with van der Waals surface area (Å²) in [5.74, 6) is 0.378. The first-order valence-electron chi connectivity index (χ1n) is 10.3. The van der Waals surface area contributed by atoms with E-state index < -0.39 is 0 Å². The van der Waals surface area contributed by atoms with Gasteiger partial charge in [-0.15, -0.1) is 0 Å². The fraction of sp³-hybridized carbons (Fsp3) is 0.200. The van der Waals surface area contributed by atoms with Crippen LogP contribution in [0.3, 0.4) is 0 Å². The molecule has 2 amide bonds. The van der Waals surface area contributed by atoms with Crippen molar-refractivity contribution in [1.29, 1.82) is 0 Å². The number of carbonyl (C=O) groups excluding carboxylic acids is 2. The minimum Gasteiger partial charge on any atom is -0.495 e. The van der Waals surface area contributed by atoms with E-state index in [4.69, 9.17) is 21.1 Å². The number of nitrogens with one attached hydrogen (secondary N) is 1. The quantitative estimate of drug-likeness (QED) is 0.576. The van der Waals surface area contributed by atoms with Gasteiger partial charge in [-0.3, -0.25) is 9.59 Å². The van der Waals surface area contributed by atoms with Crippen LogP contribution in [0, 0.1) is 0 Å². The third-order valence-electron chi connectivity index (χ3n) is 5.27. The number of rotatable bonds is 6. The lowest BCUT2D eigenvalue weighted by Gasteiger charge is -2.30. The second kappa shape index (κ2) is 9.75. The maximum atomic E-state index is 13.3. The Balaban J connectivity index is 1.46. The lowest BCUT2D eigenvalue weighted by atomic mass is 10.0. The van der Waals surface area contributed by atoms with Crippen molar-refractivity contribution >= 4 is 34.8 Å². The summed E-state index contributed by atoms with van der Waals surface area (Å²) in [6.07, 6.45) is 1.85. The second-order valence-corrected chi connectivity index (χ2v) is 7.78. The molecule has 0 unspecified atom stereocenters. The van der Waals surface area contributed by atoms with Gasteiger partial charge in [0.1, 0.15) is 11.5 Å². The summed E-state index contributed by atoms with van der Waals surface area (Å²) in [5, 5.41) is 3.12. The van der Waals surface area contributed by atoms with Crippen molar-refractivity contribution in [2.24, 2.45) is 0 Å². The minimum atomic E-state index is -0.364. The highest BCUT2D eigenvalue weighted by atomic mass is 35.5. The van der Waals surface area contributed by atoms with Crippen molar-refractivity contribution in [3.8, 4) is 11.5 Å². The summed E-state index contributed by atoms with van der Waals surface area (Å²) in [5.41, 5.74) is 3.03. The van der Waals surface area contributed by atoms with Gasteiger partial charge in [-0.2, -0.15) is 0 Å². The maximum Gasteiger partial charge on any atom is 0.262 e. The fourth-order valence-electron chi connectivity index (χ4n) is 3.74. The van der Waals surface area contributed by atoms with E-state index in [-0.39, 0.29) is 18.4 Å². The van der Waals surface area contributed by atoms with Gasteiger partial charge in [-0.05, 0) is 54.8 Å². The van der Waals surface area contributed by atoms with Crippen LogP contribution in [0.2, 0.25) is 5.02 Å². The predicted octanol–water partition coefficient (Wildman–Crippen LogP) is 4.96. The molecule has 3 aromatic carbocycles. The van der Waals surface area contributed by atoms with Gasteiger partial charge in [-0.1, -0.05) is 41.9 Å². The SMILES string of the molecule is COc1ccc(NC(=O)COc2ccccc2C(=O)N2CCCc3ccccc32)cc1Cl. The van der Waals surface area contributed by atoms with E-state index in [0.29, 0.717) is 34.3 Å². The molecule has 6 nitrogen and oxygen atoms in total. The Morgan fingerprint density at radius 1 is 1.03 bits per heavy atom. The van der Waals surface area contributed by atoms with E-state index in [1.165, 1.54) is 7.11 Å². The van der Waals surface area contributed by atoms with Crippen LogP contribution >= 0.6 is 11.6 Å². The van der Waals surface area contributed by atoms with Crippen LogP contribution in [0.25, 0.3) is 0 Å². The van der Waals surface area contributed by atoms with Crippen molar-refractivity contribution in [2.75, 3.05) is 30.5 Å². The summed E-state index contributed by atoms with van der Waals surface area (Å²) in [6, 6.07) is 19.9. The number of hydrogen-bond acceptors (Lipinski definition) is 4. The average Bonchev–Trinajstić information content (AvgIpc) is 2.82. The highest BCUT2D eigenvalue weighted by molar-refractivity contribution is 6.32. The summed E-state index contributed by atoms with van der Waals surface area (Å²) in [4.78, 5) is 27.5. The molecule has 0 radical (unpaired) electrons. The van der Waals surface area contributed by atoms with E-state index in [2.05, 4.69) is 5.32 Å². The molecule has 1 aliphatic rings. The highest BCUT2D eigenvalue weighted by Crippen LogP contribution is 2.30. The molecule has 7 heteroatoms. The van der Waals surface area contributed by atoms with E-state index in [9.17, 15) is 9.59 Å². The number of nitrogens with zero attached hydrogens (tertiary/aromatic N) is 1. The number of methoxy groups -OCH3 is 1. The van der Waals surface area contributed by atoms with Gasteiger partial charge in [0.05, 0.1) is 17.7 Å². The molecule has 0 bridgehead atoms. The average molecular weight is 451 g/mol. The molecular weight excluding hydrogens is 428 g/mol. The number of amides is 2. The summed E-state index contributed by atoms with van der Waals surface area (Å²) in [6.45, 7) is 0.396. The molecule has 164 valence electrons. The largest absolute Gasteiger partial charge is 0.495 e. The number of aryl methyl sites for hydroxylation is 1. The molecule has 1 aliphatic heterocycles. The third kappa shape index (κ3) is 4.70. The van der Waals surface area contributed by atoms with Crippen LogP contribution in [0.5, 0.6) is 11.5 Å². The lowest BCUT2D eigenvalue weighted by Crippen LogP contribution is -2.35. The molecule has 3 aromatic rings. The highest BCUT2D eigenvalue weighted by Gasteiger charge is 2.25. The summed E-state index contributed by atoms with van der Waals surface area (Å²) in [7, 11) is 1.52. The molecule has 4 rings (SSSR count). The minimum absolute atomic E-state index is 0.143. The summed E-state index contributed by atoms with van der Waals surface area (Å²) >= 11 is 6.10. The first kappa shape index (κ1) is 21.7. The number of fused-ring (bicyclic) bond motifs is 1. The van der Waals surface area contributed by atoms with E-state index >= 15 is 0 Å². The summed E-state index contributed by atoms with van der Waals surface area (Å²) < 4.78 is 10.8. The molecule has 0 aliphatic carbocycles. The molecule has 1 heterocycles. The van der Waals surface area contributed by atoms with Gasteiger partial charge < -0.3 is 19.7 Å². The zero-order valence-electron chi connectivity index (χ0n) is 17.6. The third-order valence-corrected chi connectivity index (χ3v) is 5.56. The van der Waals surface area contributed by atoms with Crippen molar-refractivity contribution in [3.63, 3.8) is 0 Å². The monoisotopic (exact) mass is 450 g/mol. The van der Waals surface area contributed by atoms with E-state index in [1.807, 2.05) is 24.3 Å². The Kier molecular flexibility index (Phi) is 6.61. The van der Waals surface area contributed by atoms with Gasteiger partial charge in [0.15, 0.2) is 6.61 Å². The molecule has 1 N–H and O–H groups in total. The predicted molar refractivity (Wildman–Crippen MR) is 125 cm³/mol. The Bertz CT molecular complexity index is 1150. The van der Waals surface area contributed by atoms with E-state index in [0.717, 1.165) is 24.1 Å². The first-order valence-corrected chi connectivity index (χ1v) is 10.7. The van der Waals surface area contributed by atoms with Gasteiger partial charge >= 0.3 is 0 Å². The zero-order chi connectivity index (χ0) is 22.5. The van der Waals surface area contributed by atoms with Crippen molar-refractivity contribution < 1.29 is 19.1 Å². The van der Waals surface area contributed by atoms with Gasteiger partial charge in [0, 0.05) is 17.9 Å². The standard InChI is InChI=1S/C25H23ClN2O4/c1-31-23-13-12-18(15-20(23)26)27-24(29)16-32-22-11-5-3-9-19(22)25(30)28-14-6-8-17-7-2-4-10-21(17)28/h2-5,7,9-13,15H,6,8,14,16H2,1H3,(H,27,29). The Morgan fingerprint density at radius 2 is 1.81 bits per heavy atom. The topological polar surface area (TPSA) is 67.9 Å². The molecule has 0 aromatic heterocycles. The maximum absolute atomic E-state index is 13.3. The molecule has 0 spiro atoms. The molecular formula is C25H23ClN2O4. The van der Waals surface area contributed by atoms with Crippen LogP contribution < -0.4 is 19.7 Å². The Morgan fingerprint density at radius 3 is 2.62 bits per heavy atom. The van der Waals surface area contributed by atoms with Crippen molar-refractivity contribution in [3.05, 3.63) is 82.9 Å². The van der Waals surface area contributed by atoms with Gasteiger partial charge in [-0.25, -0.2) is 0 Å². The zero-order valence-corrected chi connectivity index (χ0v) is 18.4. The lowest BCUT2D eigenvalue weighted by molar-refractivity contribution is -0.118. The fourth-order valence-corrected chi connectivity index (χ4v) is 4.00. The van der Waals surface area contributed by atoms with Crippen molar-refractivity contribution in [1.82, 2.24) is 0 Å². The number of hydrogen-bond donors (Lipinski definition) is 1. The van der Waals surface area contributed by atoms with Crippen LogP contribution in [-0.2, 0) is 11.2 Å². The first-order chi connectivity index (χ1) is 15.6. The van der Waals surface area contributed by atoms with E-state index in [1.54, 1.807) is 47.4 Å².